The van der Waals surface area contributed by atoms with Gasteiger partial charge in [-0.1, -0.05) is 25.1 Å². The molecule has 0 radical (unpaired) electrons. The molecule has 0 fully saturated rings. The molecule has 0 saturated carbocycles. The summed E-state index contributed by atoms with van der Waals surface area (Å²) in [5.74, 6) is 0.787. The van der Waals surface area contributed by atoms with Crippen LogP contribution >= 0.6 is 11.3 Å². The molecule has 1 atom stereocenters. The highest BCUT2D eigenvalue weighted by Gasteiger charge is 2.26. The van der Waals surface area contributed by atoms with Crippen molar-refractivity contribution < 1.29 is 4.74 Å². The number of hydrogen-bond acceptors (Lipinski definition) is 7. The van der Waals surface area contributed by atoms with E-state index in [1.54, 1.807) is 23.1 Å². The second kappa shape index (κ2) is 10.4. The van der Waals surface area contributed by atoms with Crippen LogP contribution in [-0.2, 0) is 24.4 Å². The standard InChI is InChI=1S/C24H30N6O2S/c1-5-21(23-26-27-28-30(23)10-11-32-4)29(15-20-7-6-12-33-20)14-19-13-18-9-8-16(2)17(3)22(18)25-24(19)31/h6-9,12-13,21H,5,10-11,14-15H2,1-4H3,(H,25,31)/t21-/m0/s1. The van der Waals surface area contributed by atoms with Crippen molar-refractivity contribution in [1.82, 2.24) is 30.1 Å². The molecule has 3 heterocycles. The monoisotopic (exact) mass is 466 g/mol. The number of H-pyrrole nitrogens is 1. The molecular formula is C24H30N6O2S. The molecule has 0 bridgehead atoms. The van der Waals surface area contributed by atoms with Crippen molar-refractivity contribution in [2.24, 2.45) is 0 Å². The van der Waals surface area contributed by atoms with Gasteiger partial charge in [-0.2, -0.15) is 0 Å². The Morgan fingerprint density at radius 1 is 1.24 bits per heavy atom. The third kappa shape index (κ3) is 5.05. The highest BCUT2D eigenvalue weighted by Crippen LogP contribution is 2.28. The highest BCUT2D eigenvalue weighted by molar-refractivity contribution is 7.09. The van der Waals surface area contributed by atoms with Gasteiger partial charge in [0, 0.05) is 30.6 Å². The second-order valence-electron chi connectivity index (χ2n) is 8.26. The number of tetrazole rings is 1. The lowest BCUT2D eigenvalue weighted by Gasteiger charge is -2.30. The van der Waals surface area contributed by atoms with Crippen LogP contribution in [0.15, 0.2) is 40.5 Å². The maximum absolute atomic E-state index is 13.1. The van der Waals surface area contributed by atoms with Gasteiger partial charge in [0.25, 0.3) is 5.56 Å². The highest BCUT2D eigenvalue weighted by atomic mass is 32.1. The lowest BCUT2D eigenvalue weighted by molar-refractivity contribution is 0.152. The molecule has 3 aromatic heterocycles. The van der Waals surface area contributed by atoms with E-state index >= 15 is 0 Å². The summed E-state index contributed by atoms with van der Waals surface area (Å²) in [6, 6.07) is 10.3. The minimum absolute atomic E-state index is 0.0474. The van der Waals surface area contributed by atoms with Crippen LogP contribution in [0, 0.1) is 13.8 Å². The van der Waals surface area contributed by atoms with Crippen LogP contribution in [0.1, 0.15) is 46.8 Å². The van der Waals surface area contributed by atoms with Gasteiger partial charge in [0.05, 0.1) is 24.7 Å². The van der Waals surface area contributed by atoms with E-state index < -0.39 is 0 Å². The minimum atomic E-state index is -0.0544. The maximum atomic E-state index is 13.1. The smallest absolute Gasteiger partial charge is 0.252 e. The van der Waals surface area contributed by atoms with Gasteiger partial charge in [0.2, 0.25) is 0 Å². The first-order valence-corrected chi connectivity index (χ1v) is 12.0. The molecule has 0 spiro atoms. The molecule has 9 heteroatoms. The molecule has 8 nitrogen and oxygen atoms in total. The van der Waals surface area contributed by atoms with Crippen LogP contribution < -0.4 is 5.56 Å². The molecule has 33 heavy (non-hydrogen) atoms. The molecule has 4 rings (SSSR count). The number of benzene rings is 1. The Morgan fingerprint density at radius 3 is 2.82 bits per heavy atom. The summed E-state index contributed by atoms with van der Waals surface area (Å²) in [7, 11) is 1.67. The molecule has 0 aliphatic heterocycles. The Kier molecular flexibility index (Phi) is 7.32. The van der Waals surface area contributed by atoms with Crippen molar-refractivity contribution in [3.05, 3.63) is 73.5 Å². The van der Waals surface area contributed by atoms with Gasteiger partial charge in [-0.3, -0.25) is 9.69 Å². The minimum Gasteiger partial charge on any atom is -0.383 e. The van der Waals surface area contributed by atoms with E-state index in [0.717, 1.165) is 34.3 Å². The van der Waals surface area contributed by atoms with Crippen LogP contribution in [0.25, 0.3) is 10.9 Å². The molecule has 0 saturated heterocycles. The summed E-state index contributed by atoms with van der Waals surface area (Å²) in [5, 5.41) is 15.6. The zero-order valence-electron chi connectivity index (χ0n) is 19.5. The number of thiophene rings is 1. The summed E-state index contributed by atoms with van der Waals surface area (Å²) in [6.45, 7) is 8.54. The number of aryl methyl sites for hydroxylation is 2. The number of nitrogens with zero attached hydrogens (tertiary/aromatic N) is 5. The number of fused-ring (bicyclic) bond motifs is 1. The average molecular weight is 467 g/mol. The van der Waals surface area contributed by atoms with E-state index in [1.165, 1.54) is 10.4 Å². The largest absolute Gasteiger partial charge is 0.383 e. The molecule has 174 valence electrons. The van der Waals surface area contributed by atoms with Crippen LogP contribution in [-0.4, -0.2) is 43.8 Å². The van der Waals surface area contributed by atoms with E-state index in [-0.39, 0.29) is 11.6 Å². The van der Waals surface area contributed by atoms with Crippen molar-refractivity contribution >= 4 is 22.2 Å². The molecular weight excluding hydrogens is 436 g/mol. The summed E-state index contributed by atoms with van der Waals surface area (Å²) in [4.78, 5) is 19.7. The van der Waals surface area contributed by atoms with Crippen molar-refractivity contribution in [2.45, 2.75) is 52.9 Å². The Morgan fingerprint density at radius 2 is 2.09 bits per heavy atom. The topological polar surface area (TPSA) is 88.9 Å². The van der Waals surface area contributed by atoms with E-state index in [4.69, 9.17) is 4.74 Å². The van der Waals surface area contributed by atoms with E-state index in [9.17, 15) is 4.79 Å². The molecule has 0 unspecified atom stereocenters. The van der Waals surface area contributed by atoms with Gasteiger partial charge in [-0.25, -0.2) is 4.68 Å². The first-order valence-electron chi connectivity index (χ1n) is 11.1. The number of ether oxygens (including phenoxy) is 1. The Balaban J connectivity index is 1.72. The lowest BCUT2D eigenvalue weighted by Crippen LogP contribution is -2.32. The normalized spacial score (nSPS) is 12.6. The third-order valence-corrected chi connectivity index (χ3v) is 6.99. The summed E-state index contributed by atoms with van der Waals surface area (Å²) in [5.41, 5.74) is 3.86. The van der Waals surface area contributed by atoms with Crippen LogP contribution in [0.2, 0.25) is 0 Å². The quantitative estimate of drug-likeness (QED) is 0.380. The van der Waals surface area contributed by atoms with Crippen molar-refractivity contribution in [3.63, 3.8) is 0 Å². The summed E-state index contributed by atoms with van der Waals surface area (Å²) >= 11 is 1.71. The van der Waals surface area contributed by atoms with Gasteiger partial charge in [-0.05, 0) is 64.7 Å². The number of pyridine rings is 1. The van der Waals surface area contributed by atoms with Crippen molar-refractivity contribution in [2.75, 3.05) is 13.7 Å². The molecule has 4 aromatic rings. The average Bonchev–Trinajstić information content (AvgIpc) is 3.49. The summed E-state index contributed by atoms with van der Waals surface area (Å²) < 4.78 is 7.03. The lowest BCUT2D eigenvalue weighted by atomic mass is 10.0. The molecule has 1 aromatic carbocycles. The Hall–Kier alpha value is -2.88. The van der Waals surface area contributed by atoms with E-state index in [2.05, 4.69) is 68.9 Å². The van der Waals surface area contributed by atoms with E-state index in [0.29, 0.717) is 26.2 Å². The number of hydrogen-bond donors (Lipinski definition) is 1. The molecule has 0 amide bonds. The first-order chi connectivity index (χ1) is 16.0. The van der Waals surface area contributed by atoms with Gasteiger partial charge < -0.3 is 9.72 Å². The van der Waals surface area contributed by atoms with Crippen LogP contribution in [0.3, 0.4) is 0 Å². The van der Waals surface area contributed by atoms with Gasteiger partial charge in [0.15, 0.2) is 5.82 Å². The van der Waals surface area contributed by atoms with Crippen molar-refractivity contribution in [3.8, 4) is 0 Å². The fourth-order valence-corrected chi connectivity index (χ4v) is 4.91. The molecule has 0 aliphatic rings. The summed E-state index contributed by atoms with van der Waals surface area (Å²) in [6.07, 6.45) is 0.808. The van der Waals surface area contributed by atoms with Crippen molar-refractivity contribution in [1.29, 1.82) is 0 Å². The van der Waals surface area contributed by atoms with E-state index in [1.807, 2.05) is 13.0 Å². The first kappa shape index (κ1) is 23.3. The van der Waals surface area contributed by atoms with Gasteiger partial charge in [0.1, 0.15) is 0 Å². The van der Waals surface area contributed by atoms with Gasteiger partial charge in [-0.15, -0.1) is 16.4 Å². The predicted octanol–water partition coefficient (Wildman–Crippen LogP) is 3.99. The third-order valence-electron chi connectivity index (χ3n) is 6.13. The number of aromatic amines is 1. The fourth-order valence-electron chi connectivity index (χ4n) is 4.18. The maximum Gasteiger partial charge on any atom is 0.252 e. The SMILES string of the molecule is CC[C@@H](c1nnnn1CCOC)N(Cc1cccs1)Cc1cc2ccc(C)c(C)c2[nH]c1=O. The number of aromatic nitrogens is 5. The zero-order valence-corrected chi connectivity index (χ0v) is 20.4. The number of nitrogens with one attached hydrogen (secondary N) is 1. The van der Waals surface area contributed by atoms with Crippen LogP contribution in [0.5, 0.6) is 0 Å². The second-order valence-corrected chi connectivity index (χ2v) is 9.29. The number of methoxy groups -OCH3 is 1. The fraction of sp³-hybridized carbons (Fsp3) is 0.417. The van der Waals surface area contributed by atoms with Crippen LogP contribution in [0.4, 0.5) is 0 Å². The van der Waals surface area contributed by atoms with Gasteiger partial charge >= 0.3 is 0 Å². The number of rotatable bonds is 10. The zero-order chi connectivity index (χ0) is 23.4. The Labute approximate surface area is 197 Å². The molecule has 1 N–H and O–H groups in total. The Bertz CT molecular complexity index is 1260. The predicted molar refractivity (Wildman–Crippen MR) is 130 cm³/mol. The molecule has 0 aliphatic carbocycles.